The van der Waals surface area contributed by atoms with Crippen LogP contribution in [0.15, 0.2) is 12.4 Å². The van der Waals surface area contributed by atoms with Crippen molar-refractivity contribution in [3.63, 3.8) is 0 Å². The first-order chi connectivity index (χ1) is 8.33. The van der Waals surface area contributed by atoms with Crippen molar-refractivity contribution >= 4 is 21.6 Å². The van der Waals surface area contributed by atoms with E-state index in [1.54, 1.807) is 17.7 Å². The summed E-state index contributed by atoms with van der Waals surface area (Å²) in [4.78, 5) is 10.7. The number of nitrogens with one attached hydrogen (secondary N) is 1. The molecule has 0 aliphatic carbocycles. The van der Waals surface area contributed by atoms with Gasteiger partial charge in [0.2, 0.25) is 5.88 Å². The lowest BCUT2D eigenvalue weighted by atomic mass is 10.1. The van der Waals surface area contributed by atoms with Crippen LogP contribution in [-0.4, -0.2) is 29.7 Å². The molecule has 3 rings (SSSR count). The molecule has 1 unspecified atom stereocenters. The maximum Gasteiger partial charge on any atom is 0.225 e. The van der Waals surface area contributed by atoms with E-state index in [1.807, 2.05) is 0 Å². The van der Waals surface area contributed by atoms with Gasteiger partial charge < -0.3 is 10.1 Å². The molecule has 0 saturated carbocycles. The Labute approximate surface area is 104 Å². The fourth-order valence-electron chi connectivity index (χ4n) is 2.12. The lowest BCUT2D eigenvalue weighted by molar-refractivity contribution is 0.254. The van der Waals surface area contributed by atoms with Crippen molar-refractivity contribution in [1.29, 1.82) is 0 Å². The van der Waals surface area contributed by atoms with E-state index in [9.17, 15) is 0 Å². The van der Waals surface area contributed by atoms with Crippen LogP contribution in [0, 0.1) is 12.8 Å². The van der Waals surface area contributed by atoms with Gasteiger partial charge in [0.25, 0.3) is 0 Å². The molecular weight excluding hydrogens is 234 g/mol. The van der Waals surface area contributed by atoms with E-state index in [2.05, 4.69) is 28.3 Å². The molecule has 1 fully saturated rings. The predicted molar refractivity (Wildman–Crippen MR) is 68.6 cm³/mol. The number of thiophene rings is 1. The fraction of sp³-hybridized carbons (Fsp3) is 0.500. The Bertz CT molecular complexity index is 519. The lowest BCUT2D eigenvalue weighted by Crippen LogP contribution is -2.15. The molecule has 4 nitrogen and oxygen atoms in total. The van der Waals surface area contributed by atoms with Gasteiger partial charge in [-0.2, -0.15) is 0 Å². The van der Waals surface area contributed by atoms with E-state index in [0.717, 1.165) is 35.8 Å². The standard InChI is InChI=1S/C12H15N3OS/c1-8-4-10-11(14-7-15-12(10)17-8)16-6-9-2-3-13-5-9/h4,7,9,13H,2-3,5-6H2,1H3. The molecule has 1 N–H and O–H groups in total. The number of hydrogen-bond donors (Lipinski definition) is 1. The van der Waals surface area contributed by atoms with Crippen LogP contribution in [0.2, 0.25) is 0 Å². The van der Waals surface area contributed by atoms with E-state index in [0.29, 0.717) is 5.92 Å². The summed E-state index contributed by atoms with van der Waals surface area (Å²) in [6.45, 7) is 4.98. The molecule has 2 aromatic heterocycles. The summed E-state index contributed by atoms with van der Waals surface area (Å²) in [7, 11) is 0. The first-order valence-corrected chi connectivity index (χ1v) is 6.69. The van der Waals surface area contributed by atoms with Crippen molar-refractivity contribution in [1.82, 2.24) is 15.3 Å². The minimum atomic E-state index is 0.611. The molecular formula is C12H15N3OS. The predicted octanol–water partition coefficient (Wildman–Crippen LogP) is 1.99. The third-order valence-corrected chi connectivity index (χ3v) is 3.99. The zero-order valence-electron chi connectivity index (χ0n) is 9.77. The number of aryl methyl sites for hydroxylation is 1. The average Bonchev–Trinajstić information content (AvgIpc) is 2.93. The van der Waals surface area contributed by atoms with Gasteiger partial charge in [-0.3, -0.25) is 0 Å². The van der Waals surface area contributed by atoms with Gasteiger partial charge >= 0.3 is 0 Å². The van der Waals surface area contributed by atoms with Crippen LogP contribution in [0.25, 0.3) is 10.2 Å². The molecule has 2 aromatic rings. The SMILES string of the molecule is Cc1cc2c(OCC3CCNC3)ncnc2s1. The van der Waals surface area contributed by atoms with Crippen LogP contribution in [0.3, 0.4) is 0 Å². The molecule has 90 valence electrons. The number of fused-ring (bicyclic) bond motifs is 1. The van der Waals surface area contributed by atoms with Crippen molar-refractivity contribution in [3.8, 4) is 5.88 Å². The molecule has 0 aromatic carbocycles. The number of aromatic nitrogens is 2. The summed E-state index contributed by atoms with van der Waals surface area (Å²) < 4.78 is 5.83. The lowest BCUT2D eigenvalue weighted by Gasteiger charge is -2.10. The van der Waals surface area contributed by atoms with Gasteiger partial charge in [0.05, 0.1) is 12.0 Å². The molecule has 1 aliphatic heterocycles. The van der Waals surface area contributed by atoms with Crippen molar-refractivity contribution in [2.24, 2.45) is 5.92 Å². The van der Waals surface area contributed by atoms with Gasteiger partial charge in [0, 0.05) is 17.3 Å². The Kier molecular flexibility index (Phi) is 2.94. The second kappa shape index (κ2) is 4.58. The van der Waals surface area contributed by atoms with Crippen LogP contribution < -0.4 is 10.1 Å². The largest absolute Gasteiger partial charge is 0.477 e. The molecule has 17 heavy (non-hydrogen) atoms. The highest BCUT2D eigenvalue weighted by atomic mass is 32.1. The van der Waals surface area contributed by atoms with Crippen molar-refractivity contribution in [3.05, 3.63) is 17.3 Å². The zero-order valence-corrected chi connectivity index (χ0v) is 10.6. The monoisotopic (exact) mass is 249 g/mol. The van der Waals surface area contributed by atoms with Crippen molar-refractivity contribution in [2.75, 3.05) is 19.7 Å². The molecule has 0 radical (unpaired) electrons. The number of ether oxygens (including phenoxy) is 1. The van der Waals surface area contributed by atoms with Crippen molar-refractivity contribution in [2.45, 2.75) is 13.3 Å². The molecule has 1 saturated heterocycles. The summed E-state index contributed by atoms with van der Waals surface area (Å²) in [5.41, 5.74) is 0. The second-order valence-corrected chi connectivity index (χ2v) is 5.66. The highest BCUT2D eigenvalue weighted by molar-refractivity contribution is 7.18. The quantitative estimate of drug-likeness (QED) is 0.903. The van der Waals surface area contributed by atoms with Crippen LogP contribution in [0.1, 0.15) is 11.3 Å². The normalized spacial score (nSPS) is 19.9. The summed E-state index contributed by atoms with van der Waals surface area (Å²) in [6.07, 6.45) is 2.78. The smallest absolute Gasteiger partial charge is 0.225 e. The average molecular weight is 249 g/mol. The molecule has 3 heterocycles. The second-order valence-electron chi connectivity index (χ2n) is 4.42. The van der Waals surface area contributed by atoms with Crippen LogP contribution >= 0.6 is 11.3 Å². The highest BCUT2D eigenvalue weighted by Gasteiger charge is 2.16. The molecule has 1 aliphatic rings. The summed E-state index contributed by atoms with van der Waals surface area (Å²) in [6, 6.07) is 2.10. The maximum absolute atomic E-state index is 5.83. The molecule has 5 heteroatoms. The van der Waals surface area contributed by atoms with Gasteiger partial charge in [0.15, 0.2) is 0 Å². The maximum atomic E-state index is 5.83. The van der Waals surface area contributed by atoms with E-state index in [4.69, 9.17) is 4.74 Å². The van der Waals surface area contributed by atoms with Crippen LogP contribution in [-0.2, 0) is 0 Å². The summed E-state index contributed by atoms with van der Waals surface area (Å²) in [5, 5.41) is 4.38. The van der Waals surface area contributed by atoms with E-state index < -0.39 is 0 Å². The molecule has 0 spiro atoms. The van der Waals surface area contributed by atoms with Crippen LogP contribution in [0.4, 0.5) is 0 Å². The van der Waals surface area contributed by atoms with E-state index in [-0.39, 0.29) is 0 Å². The van der Waals surface area contributed by atoms with Gasteiger partial charge in [-0.05, 0) is 26.0 Å². The topological polar surface area (TPSA) is 47.0 Å². The van der Waals surface area contributed by atoms with E-state index >= 15 is 0 Å². The highest BCUT2D eigenvalue weighted by Crippen LogP contribution is 2.29. The fourth-order valence-corrected chi connectivity index (χ4v) is 2.96. The van der Waals surface area contributed by atoms with Crippen LogP contribution in [0.5, 0.6) is 5.88 Å². The first kappa shape index (κ1) is 10.9. The number of rotatable bonds is 3. The Morgan fingerprint density at radius 1 is 1.53 bits per heavy atom. The Morgan fingerprint density at radius 3 is 3.29 bits per heavy atom. The third kappa shape index (κ3) is 2.25. The summed E-state index contributed by atoms with van der Waals surface area (Å²) >= 11 is 1.68. The third-order valence-electron chi connectivity index (χ3n) is 3.03. The molecule has 0 amide bonds. The number of hydrogen-bond acceptors (Lipinski definition) is 5. The number of nitrogens with zero attached hydrogens (tertiary/aromatic N) is 2. The Morgan fingerprint density at radius 2 is 2.47 bits per heavy atom. The van der Waals surface area contributed by atoms with E-state index in [1.165, 1.54) is 11.3 Å². The summed E-state index contributed by atoms with van der Waals surface area (Å²) in [5.74, 6) is 1.34. The van der Waals surface area contributed by atoms with Gasteiger partial charge in [-0.25, -0.2) is 9.97 Å². The molecule has 0 bridgehead atoms. The molecule has 1 atom stereocenters. The minimum Gasteiger partial charge on any atom is -0.477 e. The Hall–Kier alpha value is -1.20. The Balaban J connectivity index is 1.79. The minimum absolute atomic E-state index is 0.611. The van der Waals surface area contributed by atoms with Gasteiger partial charge in [-0.1, -0.05) is 0 Å². The first-order valence-electron chi connectivity index (χ1n) is 5.87. The van der Waals surface area contributed by atoms with Gasteiger partial charge in [0.1, 0.15) is 11.2 Å². The van der Waals surface area contributed by atoms with Gasteiger partial charge in [-0.15, -0.1) is 11.3 Å². The van der Waals surface area contributed by atoms with Crippen molar-refractivity contribution < 1.29 is 4.74 Å². The zero-order chi connectivity index (χ0) is 11.7.